The number of carbonyl (C=O) groups excluding carboxylic acids is 1. The highest BCUT2D eigenvalue weighted by atomic mass is 32.1. The summed E-state index contributed by atoms with van der Waals surface area (Å²) in [5.74, 6) is 0.890. The predicted molar refractivity (Wildman–Crippen MR) is 163 cm³/mol. The Morgan fingerprint density at radius 3 is 2.28 bits per heavy atom. The molecule has 0 aliphatic carbocycles. The smallest absolute Gasteiger partial charge is 0.416 e. The summed E-state index contributed by atoms with van der Waals surface area (Å²) in [4.78, 5) is 19.3. The van der Waals surface area contributed by atoms with E-state index in [0.29, 0.717) is 29.4 Å². The number of methoxy groups -OCH3 is 1. The van der Waals surface area contributed by atoms with Crippen LogP contribution >= 0.6 is 11.3 Å². The van der Waals surface area contributed by atoms with Gasteiger partial charge in [-0.25, -0.2) is 9.78 Å². The molecule has 0 spiro atoms. The Kier molecular flexibility index (Phi) is 9.69. The number of alkyl halides is 3. The quantitative estimate of drug-likeness (QED) is 0.159. The van der Waals surface area contributed by atoms with Gasteiger partial charge in [0, 0.05) is 24.2 Å². The van der Waals surface area contributed by atoms with E-state index in [4.69, 9.17) is 19.2 Å². The van der Waals surface area contributed by atoms with Crippen molar-refractivity contribution < 1.29 is 32.2 Å². The topological polar surface area (TPSA) is 60.9 Å². The molecule has 3 aromatic carbocycles. The number of aryl methyl sites for hydroxylation is 2. The van der Waals surface area contributed by atoms with Crippen LogP contribution in [0.15, 0.2) is 66.7 Å². The summed E-state index contributed by atoms with van der Waals surface area (Å²) >= 11 is 1.43. The largest absolute Gasteiger partial charge is 0.496 e. The Hall–Kier alpha value is -4.05. The molecule has 0 bridgehead atoms. The summed E-state index contributed by atoms with van der Waals surface area (Å²) < 4.78 is 56.1. The van der Waals surface area contributed by atoms with Gasteiger partial charge in [0.2, 0.25) is 0 Å². The van der Waals surface area contributed by atoms with E-state index >= 15 is 0 Å². The average molecular weight is 613 g/mol. The number of carbonyl (C=O) groups is 1. The minimum absolute atomic E-state index is 0.267. The van der Waals surface area contributed by atoms with Crippen LogP contribution in [-0.4, -0.2) is 30.3 Å². The molecule has 228 valence electrons. The fourth-order valence-corrected chi connectivity index (χ4v) is 5.68. The van der Waals surface area contributed by atoms with Crippen molar-refractivity contribution in [1.29, 1.82) is 0 Å². The van der Waals surface area contributed by atoms with Crippen LogP contribution in [0.2, 0.25) is 0 Å². The molecule has 0 radical (unpaired) electrons. The fraction of sp³-hybridized carbons (Fsp3) is 0.333. The van der Waals surface area contributed by atoms with Crippen LogP contribution < -0.4 is 14.4 Å². The molecule has 0 atom stereocenters. The van der Waals surface area contributed by atoms with Gasteiger partial charge in [0.15, 0.2) is 5.60 Å². The molecule has 4 rings (SSSR count). The number of nitrogens with zero attached hydrogens (tertiary/aromatic N) is 2. The first-order valence-electron chi connectivity index (χ1n) is 13.8. The fourth-order valence-electron chi connectivity index (χ4n) is 4.61. The number of halogens is 3. The molecule has 1 heterocycles. The zero-order valence-electron chi connectivity index (χ0n) is 25.0. The van der Waals surface area contributed by atoms with Crippen LogP contribution in [0.1, 0.15) is 48.7 Å². The molecule has 0 saturated carbocycles. The van der Waals surface area contributed by atoms with Gasteiger partial charge in [-0.05, 0) is 70.0 Å². The zero-order chi connectivity index (χ0) is 31.4. The first kappa shape index (κ1) is 31.9. The van der Waals surface area contributed by atoms with Crippen molar-refractivity contribution in [3.05, 3.63) is 94.7 Å². The molecule has 0 N–H and O–H groups in total. The molecule has 1 aromatic heterocycles. The van der Waals surface area contributed by atoms with Gasteiger partial charge in [-0.3, -0.25) is 0 Å². The maximum atomic E-state index is 13.1. The van der Waals surface area contributed by atoms with Crippen molar-refractivity contribution in [3.63, 3.8) is 0 Å². The second kappa shape index (κ2) is 13.1. The molecule has 4 aromatic rings. The van der Waals surface area contributed by atoms with E-state index in [0.717, 1.165) is 45.3 Å². The molecule has 0 saturated heterocycles. The Balaban J connectivity index is 1.66. The van der Waals surface area contributed by atoms with E-state index < -0.39 is 23.3 Å². The molecule has 43 heavy (non-hydrogen) atoms. The summed E-state index contributed by atoms with van der Waals surface area (Å²) in [6, 6.07) is 18.6. The standard InChI is InChI=1S/C33H35F3N2O4S/c1-7-41-31(39)32(4,5)42-27-17-12-23(18-21(27)2)19-38(20-25-10-8-9-11-28(25)40-6)30-22(3)37-29(43-30)24-13-15-26(16-14-24)33(34,35)36/h8-18H,7,19-20H2,1-6H3. The first-order chi connectivity index (χ1) is 20.3. The number of aromatic nitrogens is 1. The second-order valence-corrected chi connectivity index (χ2v) is 11.6. The second-order valence-electron chi connectivity index (χ2n) is 10.6. The van der Waals surface area contributed by atoms with Gasteiger partial charge in [-0.15, -0.1) is 0 Å². The Bertz CT molecular complexity index is 1570. The van der Waals surface area contributed by atoms with Crippen molar-refractivity contribution >= 4 is 22.3 Å². The van der Waals surface area contributed by atoms with E-state index in [2.05, 4.69) is 4.90 Å². The lowest BCUT2D eigenvalue weighted by Crippen LogP contribution is -2.39. The number of ether oxygens (including phenoxy) is 3. The van der Waals surface area contributed by atoms with Gasteiger partial charge in [0.05, 0.1) is 25.0 Å². The average Bonchev–Trinajstić information content (AvgIpc) is 3.35. The number of benzene rings is 3. The van der Waals surface area contributed by atoms with Crippen LogP contribution in [0, 0.1) is 13.8 Å². The van der Waals surface area contributed by atoms with Gasteiger partial charge >= 0.3 is 12.1 Å². The summed E-state index contributed by atoms with van der Waals surface area (Å²) in [5.41, 5.74) is 2.37. The lowest BCUT2D eigenvalue weighted by atomic mass is 10.1. The van der Waals surface area contributed by atoms with E-state index in [1.54, 1.807) is 27.9 Å². The minimum Gasteiger partial charge on any atom is -0.496 e. The maximum Gasteiger partial charge on any atom is 0.416 e. The van der Waals surface area contributed by atoms with E-state index in [1.807, 2.05) is 56.3 Å². The SMILES string of the molecule is CCOC(=O)C(C)(C)Oc1ccc(CN(Cc2ccccc2OC)c2sc(-c3ccc(C(F)(F)F)cc3)nc2C)cc1C. The maximum absolute atomic E-state index is 13.1. The Morgan fingerprint density at radius 1 is 0.953 bits per heavy atom. The normalized spacial score (nSPS) is 11.7. The summed E-state index contributed by atoms with van der Waals surface area (Å²) in [5, 5.41) is 1.52. The molecule has 0 fully saturated rings. The highest BCUT2D eigenvalue weighted by Gasteiger charge is 2.32. The van der Waals surface area contributed by atoms with Crippen LogP contribution in [0.25, 0.3) is 10.6 Å². The van der Waals surface area contributed by atoms with Crippen LogP contribution in [0.5, 0.6) is 11.5 Å². The molecule has 6 nitrogen and oxygen atoms in total. The molecule has 0 unspecified atom stereocenters. The van der Waals surface area contributed by atoms with Gasteiger partial charge in [-0.1, -0.05) is 53.8 Å². The Morgan fingerprint density at radius 2 is 1.65 bits per heavy atom. The van der Waals surface area contributed by atoms with Crippen LogP contribution in [0.3, 0.4) is 0 Å². The highest BCUT2D eigenvalue weighted by Crippen LogP contribution is 2.38. The molecule has 0 amide bonds. The molecule has 0 aliphatic rings. The van der Waals surface area contributed by atoms with Crippen molar-refractivity contribution in [2.45, 2.75) is 59.5 Å². The number of para-hydroxylation sites is 1. The summed E-state index contributed by atoms with van der Waals surface area (Å²) in [6.45, 7) is 10.2. The van der Waals surface area contributed by atoms with Crippen LogP contribution in [-0.2, 0) is 28.8 Å². The van der Waals surface area contributed by atoms with Crippen molar-refractivity contribution in [2.24, 2.45) is 0 Å². The minimum atomic E-state index is -4.40. The number of hydrogen-bond acceptors (Lipinski definition) is 7. The van der Waals surface area contributed by atoms with E-state index in [9.17, 15) is 18.0 Å². The van der Waals surface area contributed by atoms with Gasteiger partial charge in [-0.2, -0.15) is 13.2 Å². The van der Waals surface area contributed by atoms with E-state index in [-0.39, 0.29) is 6.61 Å². The third kappa shape index (κ3) is 7.67. The number of anilines is 1. The number of rotatable bonds is 11. The third-order valence-corrected chi connectivity index (χ3v) is 8.08. The highest BCUT2D eigenvalue weighted by molar-refractivity contribution is 7.19. The number of hydrogen-bond donors (Lipinski definition) is 0. The lowest BCUT2D eigenvalue weighted by molar-refractivity contribution is -0.158. The van der Waals surface area contributed by atoms with Crippen molar-refractivity contribution in [2.75, 3.05) is 18.6 Å². The first-order valence-corrected chi connectivity index (χ1v) is 14.6. The molecular formula is C33H35F3N2O4S. The molecule has 10 heteroatoms. The van der Waals surface area contributed by atoms with Gasteiger partial charge in [0.25, 0.3) is 0 Å². The van der Waals surface area contributed by atoms with Gasteiger partial charge < -0.3 is 19.1 Å². The number of esters is 1. The lowest BCUT2D eigenvalue weighted by Gasteiger charge is -2.27. The van der Waals surface area contributed by atoms with Crippen molar-refractivity contribution in [1.82, 2.24) is 4.98 Å². The monoisotopic (exact) mass is 612 g/mol. The Labute approximate surface area is 254 Å². The third-order valence-electron chi connectivity index (χ3n) is 6.82. The summed E-state index contributed by atoms with van der Waals surface area (Å²) in [7, 11) is 1.63. The van der Waals surface area contributed by atoms with Crippen molar-refractivity contribution in [3.8, 4) is 22.1 Å². The molecular weight excluding hydrogens is 577 g/mol. The predicted octanol–water partition coefficient (Wildman–Crippen LogP) is 8.38. The summed E-state index contributed by atoms with van der Waals surface area (Å²) in [6.07, 6.45) is -4.40. The number of thiazole rings is 1. The molecule has 0 aliphatic heterocycles. The van der Waals surface area contributed by atoms with Crippen LogP contribution in [0.4, 0.5) is 18.2 Å². The zero-order valence-corrected chi connectivity index (χ0v) is 25.9. The van der Waals surface area contributed by atoms with E-state index in [1.165, 1.54) is 23.5 Å². The van der Waals surface area contributed by atoms with Gasteiger partial charge in [0.1, 0.15) is 21.5 Å².